The van der Waals surface area contributed by atoms with Crippen LogP contribution in [0.4, 0.5) is 5.69 Å². The normalized spacial score (nSPS) is 18.3. The first kappa shape index (κ1) is 14.5. The number of piperidine rings is 1. The number of hydrogen-bond donors (Lipinski definition) is 1. The molecule has 2 aromatic rings. The standard InChI is InChI=1S/C15H20N6O/c1-20(2)11-6-7-16-12(9-11)15(22)21-8-4-3-5-13(21)14-17-10-18-19-14/h6-7,9-10,13H,3-5,8H2,1-2H3,(H,17,18,19)/t13-/m0/s1. The third kappa shape index (κ3) is 2.79. The van der Waals surface area contributed by atoms with Crippen molar-refractivity contribution in [1.29, 1.82) is 0 Å². The molecule has 0 spiro atoms. The van der Waals surface area contributed by atoms with E-state index in [0.29, 0.717) is 5.69 Å². The van der Waals surface area contributed by atoms with Gasteiger partial charge in [-0.05, 0) is 31.4 Å². The lowest BCUT2D eigenvalue weighted by molar-refractivity contribution is 0.0594. The lowest BCUT2D eigenvalue weighted by Crippen LogP contribution is -2.39. The molecule has 116 valence electrons. The van der Waals surface area contributed by atoms with E-state index in [1.807, 2.05) is 36.0 Å². The first-order valence-electron chi connectivity index (χ1n) is 7.46. The predicted octanol–water partition coefficient (Wildman–Crippen LogP) is 1.63. The summed E-state index contributed by atoms with van der Waals surface area (Å²) in [5.41, 5.74) is 1.43. The summed E-state index contributed by atoms with van der Waals surface area (Å²) in [5, 5.41) is 6.79. The van der Waals surface area contributed by atoms with E-state index in [2.05, 4.69) is 20.2 Å². The van der Waals surface area contributed by atoms with Gasteiger partial charge in [0, 0.05) is 32.5 Å². The van der Waals surface area contributed by atoms with Gasteiger partial charge in [-0.25, -0.2) is 4.98 Å². The Labute approximate surface area is 129 Å². The van der Waals surface area contributed by atoms with Gasteiger partial charge < -0.3 is 9.80 Å². The van der Waals surface area contributed by atoms with Gasteiger partial charge in [0.05, 0.1) is 6.04 Å². The second kappa shape index (κ2) is 6.13. The Hall–Kier alpha value is -2.44. The van der Waals surface area contributed by atoms with Crippen molar-refractivity contribution in [2.75, 3.05) is 25.5 Å². The van der Waals surface area contributed by atoms with Crippen LogP contribution in [0, 0.1) is 0 Å². The van der Waals surface area contributed by atoms with E-state index in [-0.39, 0.29) is 11.9 Å². The van der Waals surface area contributed by atoms with Crippen molar-refractivity contribution >= 4 is 11.6 Å². The predicted molar refractivity (Wildman–Crippen MR) is 82.6 cm³/mol. The smallest absolute Gasteiger partial charge is 0.273 e. The Morgan fingerprint density at radius 3 is 2.95 bits per heavy atom. The number of nitrogens with zero attached hydrogens (tertiary/aromatic N) is 5. The minimum absolute atomic E-state index is 0.0476. The van der Waals surface area contributed by atoms with Crippen molar-refractivity contribution < 1.29 is 4.79 Å². The average Bonchev–Trinajstić information content (AvgIpc) is 3.08. The number of carbonyl (C=O) groups excluding carboxylic acids is 1. The molecule has 0 bridgehead atoms. The third-order valence-corrected chi connectivity index (χ3v) is 3.99. The van der Waals surface area contributed by atoms with Crippen LogP contribution in [0.2, 0.25) is 0 Å². The van der Waals surface area contributed by atoms with E-state index in [4.69, 9.17) is 0 Å². The molecule has 3 rings (SSSR count). The molecule has 1 N–H and O–H groups in total. The number of amides is 1. The van der Waals surface area contributed by atoms with Crippen LogP contribution in [0.5, 0.6) is 0 Å². The molecular formula is C15H20N6O. The van der Waals surface area contributed by atoms with Crippen LogP contribution in [0.1, 0.15) is 41.6 Å². The van der Waals surface area contributed by atoms with Gasteiger partial charge in [-0.3, -0.25) is 14.9 Å². The number of likely N-dealkylation sites (tertiary alicyclic amines) is 1. The second-order valence-electron chi connectivity index (χ2n) is 5.67. The molecule has 3 heterocycles. The highest BCUT2D eigenvalue weighted by Gasteiger charge is 2.31. The highest BCUT2D eigenvalue weighted by atomic mass is 16.2. The molecule has 0 aromatic carbocycles. The number of anilines is 1. The summed E-state index contributed by atoms with van der Waals surface area (Å²) < 4.78 is 0. The SMILES string of the molecule is CN(C)c1ccnc(C(=O)N2CCCC[C@H]2c2ncn[nH]2)c1. The first-order chi connectivity index (χ1) is 10.7. The van der Waals surface area contributed by atoms with E-state index >= 15 is 0 Å². The third-order valence-electron chi connectivity index (χ3n) is 3.99. The summed E-state index contributed by atoms with van der Waals surface area (Å²) in [7, 11) is 3.89. The molecule has 7 heteroatoms. The maximum Gasteiger partial charge on any atom is 0.273 e. The number of pyridine rings is 1. The van der Waals surface area contributed by atoms with Crippen molar-refractivity contribution in [3.63, 3.8) is 0 Å². The van der Waals surface area contributed by atoms with Crippen molar-refractivity contribution in [2.24, 2.45) is 0 Å². The summed E-state index contributed by atoms with van der Waals surface area (Å²) in [4.78, 5) is 25.1. The molecule has 0 aliphatic carbocycles. The fraction of sp³-hybridized carbons (Fsp3) is 0.467. The van der Waals surface area contributed by atoms with Gasteiger partial charge in [0.15, 0.2) is 0 Å². The molecule has 2 aromatic heterocycles. The van der Waals surface area contributed by atoms with E-state index in [1.165, 1.54) is 6.33 Å². The molecule has 0 unspecified atom stereocenters. The molecule has 1 aliphatic heterocycles. The van der Waals surface area contributed by atoms with E-state index in [1.54, 1.807) is 6.20 Å². The van der Waals surface area contributed by atoms with Crippen LogP contribution in [0.15, 0.2) is 24.7 Å². The zero-order chi connectivity index (χ0) is 15.5. The molecule has 1 amide bonds. The van der Waals surface area contributed by atoms with Gasteiger partial charge in [-0.1, -0.05) is 0 Å². The Kier molecular flexibility index (Phi) is 4.04. The number of aromatic nitrogens is 4. The highest BCUT2D eigenvalue weighted by Crippen LogP contribution is 2.30. The maximum absolute atomic E-state index is 12.9. The largest absolute Gasteiger partial charge is 0.378 e. The van der Waals surface area contributed by atoms with Crippen LogP contribution in [0.3, 0.4) is 0 Å². The summed E-state index contributed by atoms with van der Waals surface area (Å²) >= 11 is 0. The van der Waals surface area contributed by atoms with E-state index in [0.717, 1.165) is 37.3 Å². The quantitative estimate of drug-likeness (QED) is 0.932. The summed E-state index contributed by atoms with van der Waals surface area (Å²) in [6.45, 7) is 0.720. The van der Waals surface area contributed by atoms with E-state index < -0.39 is 0 Å². The number of hydrogen-bond acceptors (Lipinski definition) is 5. The second-order valence-corrected chi connectivity index (χ2v) is 5.67. The fourth-order valence-electron chi connectivity index (χ4n) is 2.80. The van der Waals surface area contributed by atoms with Crippen LogP contribution < -0.4 is 4.90 Å². The summed E-state index contributed by atoms with van der Waals surface area (Å²) in [6, 6.07) is 3.67. The van der Waals surface area contributed by atoms with Crippen molar-refractivity contribution in [2.45, 2.75) is 25.3 Å². The molecule has 1 atom stereocenters. The monoisotopic (exact) mass is 300 g/mol. The van der Waals surface area contributed by atoms with Gasteiger partial charge in [0.2, 0.25) is 0 Å². The van der Waals surface area contributed by atoms with Crippen molar-refractivity contribution in [3.05, 3.63) is 36.2 Å². The molecule has 0 radical (unpaired) electrons. The zero-order valence-electron chi connectivity index (χ0n) is 12.9. The lowest BCUT2D eigenvalue weighted by atomic mass is 10.0. The highest BCUT2D eigenvalue weighted by molar-refractivity contribution is 5.93. The topological polar surface area (TPSA) is 78.0 Å². The van der Waals surface area contributed by atoms with Gasteiger partial charge in [-0.2, -0.15) is 5.10 Å². The number of aromatic amines is 1. The van der Waals surface area contributed by atoms with Gasteiger partial charge in [0.1, 0.15) is 17.8 Å². The first-order valence-corrected chi connectivity index (χ1v) is 7.46. The molecule has 7 nitrogen and oxygen atoms in total. The van der Waals surface area contributed by atoms with Crippen LogP contribution in [0.25, 0.3) is 0 Å². The van der Waals surface area contributed by atoms with Crippen LogP contribution in [-0.2, 0) is 0 Å². The average molecular weight is 300 g/mol. The maximum atomic E-state index is 12.9. The number of rotatable bonds is 3. The fourth-order valence-corrected chi connectivity index (χ4v) is 2.80. The molecule has 22 heavy (non-hydrogen) atoms. The van der Waals surface area contributed by atoms with E-state index in [9.17, 15) is 4.79 Å². The van der Waals surface area contributed by atoms with Gasteiger partial charge in [-0.15, -0.1) is 0 Å². The van der Waals surface area contributed by atoms with Gasteiger partial charge >= 0.3 is 0 Å². The Morgan fingerprint density at radius 2 is 2.23 bits per heavy atom. The van der Waals surface area contributed by atoms with Crippen LogP contribution >= 0.6 is 0 Å². The summed E-state index contributed by atoms with van der Waals surface area (Å²) in [5.74, 6) is 0.696. The molecule has 1 saturated heterocycles. The Bertz CT molecular complexity index is 639. The molecular weight excluding hydrogens is 280 g/mol. The van der Waals surface area contributed by atoms with Crippen LogP contribution in [-0.4, -0.2) is 51.6 Å². The number of nitrogens with one attached hydrogen (secondary N) is 1. The number of H-pyrrole nitrogens is 1. The Balaban J connectivity index is 1.87. The number of carbonyl (C=O) groups is 1. The molecule has 0 saturated carbocycles. The molecule has 1 fully saturated rings. The van der Waals surface area contributed by atoms with Gasteiger partial charge in [0.25, 0.3) is 5.91 Å². The minimum atomic E-state index is -0.0511. The molecule has 1 aliphatic rings. The van der Waals surface area contributed by atoms with Crippen molar-refractivity contribution in [1.82, 2.24) is 25.1 Å². The minimum Gasteiger partial charge on any atom is -0.378 e. The summed E-state index contributed by atoms with van der Waals surface area (Å²) in [6.07, 6.45) is 6.14. The lowest BCUT2D eigenvalue weighted by Gasteiger charge is -2.34. The van der Waals surface area contributed by atoms with Crippen molar-refractivity contribution in [3.8, 4) is 0 Å². The Morgan fingerprint density at radius 1 is 1.36 bits per heavy atom. The zero-order valence-corrected chi connectivity index (χ0v) is 12.9.